The first-order chi connectivity index (χ1) is 15.9. The molecule has 0 bridgehead atoms. The zero-order chi connectivity index (χ0) is 23.0. The standard InChI is InChI=1S/C27H30FN3O2/c1-27(2)22(16-24(33-27)25-21-15-20(28)9-10-23(21)30-26(25)32)19-7-5-18(6-8-19)17-29-11-14-31-12-3-4-13-31/h5-10,15-16,29H,3-4,11-14,17H2,1-2H3,(H,30,32)/b25-24+. The van der Waals surface area contributed by atoms with Crippen molar-refractivity contribution in [2.45, 2.75) is 38.8 Å². The highest BCUT2D eigenvalue weighted by atomic mass is 19.1. The van der Waals surface area contributed by atoms with Crippen LogP contribution in [0.3, 0.4) is 0 Å². The van der Waals surface area contributed by atoms with Crippen LogP contribution in [0.25, 0.3) is 11.1 Å². The summed E-state index contributed by atoms with van der Waals surface area (Å²) in [5.74, 6) is -0.173. The van der Waals surface area contributed by atoms with E-state index in [0.717, 1.165) is 30.8 Å². The third kappa shape index (κ3) is 4.45. The van der Waals surface area contributed by atoms with Crippen molar-refractivity contribution >= 4 is 22.7 Å². The number of likely N-dealkylation sites (tertiary alicyclic amines) is 1. The molecule has 3 aliphatic heterocycles. The Morgan fingerprint density at radius 3 is 2.64 bits per heavy atom. The predicted octanol–water partition coefficient (Wildman–Crippen LogP) is 4.57. The average Bonchev–Trinajstić information content (AvgIpc) is 3.48. The fourth-order valence-corrected chi connectivity index (χ4v) is 4.88. The summed E-state index contributed by atoms with van der Waals surface area (Å²) >= 11 is 0. The molecule has 1 amide bonds. The van der Waals surface area contributed by atoms with Gasteiger partial charge in [0.1, 0.15) is 17.2 Å². The number of nitrogens with zero attached hydrogens (tertiary/aromatic N) is 1. The molecule has 2 aromatic carbocycles. The van der Waals surface area contributed by atoms with Gasteiger partial charge in [0.05, 0.1) is 5.57 Å². The second-order valence-electron chi connectivity index (χ2n) is 9.48. The zero-order valence-electron chi connectivity index (χ0n) is 19.2. The number of anilines is 1. The number of halogens is 1. The number of nitrogens with one attached hydrogen (secondary N) is 2. The molecule has 5 rings (SSSR count). The molecule has 0 radical (unpaired) electrons. The van der Waals surface area contributed by atoms with Crippen LogP contribution in [0.2, 0.25) is 0 Å². The SMILES string of the molecule is CC1(C)O/C(=C2/C(=O)Nc3ccc(F)cc32)C=C1c1ccc(CNCCN2CCCC2)cc1. The number of ether oxygens (including phenoxy) is 1. The molecular formula is C27H30FN3O2. The number of carbonyl (C=O) groups excluding carboxylic acids is 1. The molecule has 0 aliphatic carbocycles. The minimum Gasteiger partial charge on any atom is -0.482 e. The molecule has 2 aromatic rings. The van der Waals surface area contributed by atoms with Crippen LogP contribution < -0.4 is 10.6 Å². The van der Waals surface area contributed by atoms with Gasteiger partial charge in [0, 0.05) is 36.5 Å². The maximum absolute atomic E-state index is 13.8. The van der Waals surface area contributed by atoms with Gasteiger partial charge < -0.3 is 20.3 Å². The molecule has 0 aromatic heterocycles. The number of rotatable bonds is 6. The molecule has 0 atom stereocenters. The van der Waals surface area contributed by atoms with Gasteiger partial charge in [-0.1, -0.05) is 24.3 Å². The van der Waals surface area contributed by atoms with Crippen molar-refractivity contribution in [2.75, 3.05) is 31.5 Å². The van der Waals surface area contributed by atoms with Gasteiger partial charge in [-0.15, -0.1) is 0 Å². The predicted molar refractivity (Wildman–Crippen MR) is 129 cm³/mol. The van der Waals surface area contributed by atoms with Crippen LogP contribution in [0.1, 0.15) is 43.4 Å². The lowest BCUT2D eigenvalue weighted by atomic mass is 9.91. The minimum absolute atomic E-state index is 0.269. The Balaban J connectivity index is 1.32. The smallest absolute Gasteiger partial charge is 0.260 e. The van der Waals surface area contributed by atoms with Gasteiger partial charge in [-0.2, -0.15) is 0 Å². The molecule has 0 spiro atoms. The van der Waals surface area contributed by atoms with Crippen LogP contribution in [0.5, 0.6) is 0 Å². The van der Waals surface area contributed by atoms with E-state index < -0.39 is 5.60 Å². The molecule has 172 valence electrons. The van der Waals surface area contributed by atoms with Crippen LogP contribution in [-0.2, 0) is 16.1 Å². The maximum atomic E-state index is 13.8. The molecular weight excluding hydrogens is 417 g/mol. The summed E-state index contributed by atoms with van der Waals surface area (Å²) in [6.45, 7) is 9.36. The molecule has 0 saturated carbocycles. The molecule has 1 fully saturated rings. The van der Waals surface area contributed by atoms with Crippen molar-refractivity contribution in [3.8, 4) is 0 Å². The van der Waals surface area contributed by atoms with Crippen molar-refractivity contribution in [3.05, 3.63) is 76.8 Å². The number of benzene rings is 2. The van der Waals surface area contributed by atoms with Gasteiger partial charge in [0.15, 0.2) is 0 Å². The molecule has 3 aliphatic rings. The van der Waals surface area contributed by atoms with Crippen LogP contribution in [0.15, 0.2) is 54.3 Å². The molecule has 3 heterocycles. The second kappa shape index (κ2) is 8.76. The lowest BCUT2D eigenvalue weighted by Crippen LogP contribution is -2.29. The Morgan fingerprint density at radius 2 is 1.88 bits per heavy atom. The van der Waals surface area contributed by atoms with Crippen LogP contribution in [0.4, 0.5) is 10.1 Å². The fourth-order valence-electron chi connectivity index (χ4n) is 4.88. The van der Waals surface area contributed by atoms with Crippen molar-refractivity contribution < 1.29 is 13.9 Å². The lowest BCUT2D eigenvalue weighted by Gasteiger charge is -2.23. The van der Waals surface area contributed by atoms with E-state index >= 15 is 0 Å². The van der Waals surface area contributed by atoms with Gasteiger partial charge in [-0.05, 0) is 75.2 Å². The monoisotopic (exact) mass is 447 g/mol. The van der Waals surface area contributed by atoms with E-state index in [0.29, 0.717) is 22.6 Å². The molecule has 0 unspecified atom stereocenters. The molecule has 1 saturated heterocycles. The van der Waals surface area contributed by atoms with Gasteiger partial charge in [-0.25, -0.2) is 4.39 Å². The summed E-state index contributed by atoms with van der Waals surface area (Å²) in [6.07, 6.45) is 4.56. The Kier molecular flexibility index (Phi) is 5.81. The van der Waals surface area contributed by atoms with E-state index in [-0.39, 0.29) is 11.7 Å². The minimum atomic E-state index is -0.603. The summed E-state index contributed by atoms with van der Waals surface area (Å²) in [5, 5.41) is 6.33. The van der Waals surface area contributed by atoms with Crippen molar-refractivity contribution in [1.29, 1.82) is 0 Å². The van der Waals surface area contributed by atoms with Crippen LogP contribution in [0, 0.1) is 5.82 Å². The van der Waals surface area contributed by atoms with Gasteiger partial charge in [0.25, 0.3) is 5.91 Å². The van der Waals surface area contributed by atoms with E-state index in [4.69, 9.17) is 4.74 Å². The number of hydrogen-bond donors (Lipinski definition) is 2. The number of carbonyl (C=O) groups is 1. The van der Waals surface area contributed by atoms with Gasteiger partial charge >= 0.3 is 0 Å². The van der Waals surface area contributed by atoms with Gasteiger partial charge in [0.2, 0.25) is 0 Å². The van der Waals surface area contributed by atoms with E-state index in [9.17, 15) is 9.18 Å². The number of amides is 1. The molecule has 6 heteroatoms. The first-order valence-electron chi connectivity index (χ1n) is 11.7. The zero-order valence-corrected chi connectivity index (χ0v) is 19.2. The normalized spacial score (nSPS) is 21.7. The summed E-state index contributed by atoms with van der Waals surface area (Å²) in [5.41, 5.74) is 4.20. The molecule has 2 N–H and O–H groups in total. The van der Waals surface area contributed by atoms with Crippen molar-refractivity contribution in [1.82, 2.24) is 10.2 Å². The van der Waals surface area contributed by atoms with E-state index in [1.54, 1.807) is 6.07 Å². The summed E-state index contributed by atoms with van der Waals surface area (Å²) in [7, 11) is 0. The second-order valence-corrected chi connectivity index (χ2v) is 9.48. The highest BCUT2D eigenvalue weighted by molar-refractivity contribution is 6.32. The Morgan fingerprint density at radius 1 is 1.12 bits per heavy atom. The molecule has 5 nitrogen and oxygen atoms in total. The fraction of sp³-hybridized carbons (Fsp3) is 0.370. The third-order valence-corrected chi connectivity index (χ3v) is 6.66. The highest BCUT2D eigenvalue weighted by Gasteiger charge is 2.38. The lowest BCUT2D eigenvalue weighted by molar-refractivity contribution is -0.111. The average molecular weight is 448 g/mol. The van der Waals surface area contributed by atoms with Crippen molar-refractivity contribution in [3.63, 3.8) is 0 Å². The first kappa shape index (κ1) is 21.9. The topological polar surface area (TPSA) is 53.6 Å². The van der Waals surface area contributed by atoms with E-state index in [2.05, 4.69) is 39.8 Å². The number of allylic oxidation sites excluding steroid dienone is 1. The van der Waals surface area contributed by atoms with Crippen molar-refractivity contribution in [2.24, 2.45) is 0 Å². The van der Waals surface area contributed by atoms with E-state index in [1.165, 1.54) is 43.6 Å². The largest absolute Gasteiger partial charge is 0.482 e. The summed E-state index contributed by atoms with van der Waals surface area (Å²) in [6, 6.07) is 12.8. The number of hydrogen-bond acceptors (Lipinski definition) is 4. The quantitative estimate of drug-likeness (QED) is 0.503. The molecule has 33 heavy (non-hydrogen) atoms. The first-order valence-corrected chi connectivity index (χ1v) is 11.7. The highest BCUT2D eigenvalue weighted by Crippen LogP contribution is 2.44. The Bertz CT molecular complexity index is 1130. The number of fused-ring (bicyclic) bond motifs is 1. The van der Waals surface area contributed by atoms with E-state index in [1.807, 2.05) is 19.9 Å². The Hall–Kier alpha value is -2.96. The summed E-state index contributed by atoms with van der Waals surface area (Å²) in [4.78, 5) is 15.1. The van der Waals surface area contributed by atoms with Gasteiger partial charge in [-0.3, -0.25) is 4.79 Å². The van der Waals surface area contributed by atoms with Crippen LogP contribution in [-0.4, -0.2) is 42.6 Å². The Labute approximate surface area is 194 Å². The third-order valence-electron chi connectivity index (χ3n) is 6.66. The maximum Gasteiger partial charge on any atom is 0.260 e. The van der Waals surface area contributed by atoms with Crippen LogP contribution >= 0.6 is 0 Å². The summed E-state index contributed by atoms with van der Waals surface area (Å²) < 4.78 is 20.1.